The zero-order chi connectivity index (χ0) is 14.1. The summed E-state index contributed by atoms with van der Waals surface area (Å²) in [5, 5.41) is 2.99. The van der Waals surface area contributed by atoms with E-state index in [2.05, 4.69) is 13.8 Å². The predicted octanol–water partition coefficient (Wildman–Crippen LogP) is 5.12. The van der Waals surface area contributed by atoms with Crippen molar-refractivity contribution < 1.29 is 8.42 Å². The van der Waals surface area contributed by atoms with E-state index in [1.165, 1.54) is 49.3 Å². The van der Waals surface area contributed by atoms with Gasteiger partial charge >= 0.3 is 0 Å². The quantitative estimate of drug-likeness (QED) is 0.521. The van der Waals surface area contributed by atoms with Crippen molar-refractivity contribution in [3.05, 3.63) is 22.0 Å². The maximum atomic E-state index is 11.7. The molecule has 0 aromatic carbocycles. The first-order valence-electron chi connectivity index (χ1n) is 7.75. The summed E-state index contributed by atoms with van der Waals surface area (Å²) in [4.78, 5) is 0. The van der Waals surface area contributed by atoms with Crippen LogP contribution < -0.4 is 0 Å². The number of rotatable bonds is 10. The highest BCUT2D eigenvalue weighted by Crippen LogP contribution is 2.30. The van der Waals surface area contributed by atoms with Crippen LogP contribution >= 0.6 is 0 Å². The van der Waals surface area contributed by atoms with Crippen LogP contribution in [0, 0.1) is 0 Å². The first-order valence-corrected chi connectivity index (χ1v) is 9.36. The monoisotopic (exact) mass is 284 g/mol. The predicted molar refractivity (Wildman–Crippen MR) is 82.6 cm³/mol. The summed E-state index contributed by atoms with van der Waals surface area (Å²) in [5.74, 6) is 0. The summed E-state index contributed by atoms with van der Waals surface area (Å²) in [6, 6.07) is 0. The van der Waals surface area contributed by atoms with Gasteiger partial charge in [0.05, 0.1) is 0 Å². The summed E-state index contributed by atoms with van der Waals surface area (Å²) >= 11 is 0. The number of allylic oxidation sites excluding steroid dienone is 2. The first-order chi connectivity index (χ1) is 9.09. The van der Waals surface area contributed by atoms with Crippen molar-refractivity contribution in [2.45, 2.75) is 78.1 Å². The first kappa shape index (κ1) is 16.5. The Morgan fingerprint density at radius 2 is 1.16 bits per heavy atom. The molecular formula is C16H28O2S. The molecule has 0 amide bonds. The Balaban J connectivity index is 2.45. The minimum atomic E-state index is -3.05. The highest BCUT2D eigenvalue weighted by molar-refractivity contribution is 7.97. The Morgan fingerprint density at radius 3 is 1.53 bits per heavy atom. The van der Waals surface area contributed by atoms with E-state index in [0.29, 0.717) is 0 Å². The van der Waals surface area contributed by atoms with Gasteiger partial charge < -0.3 is 0 Å². The molecule has 0 spiro atoms. The second kappa shape index (κ2) is 8.57. The van der Waals surface area contributed by atoms with Gasteiger partial charge in [-0.05, 0) is 36.8 Å². The molecule has 0 saturated heterocycles. The topological polar surface area (TPSA) is 34.1 Å². The summed E-state index contributed by atoms with van der Waals surface area (Å²) in [5.41, 5.74) is 2.15. The summed E-state index contributed by atoms with van der Waals surface area (Å²) in [7, 11) is -3.05. The van der Waals surface area contributed by atoms with Crippen LogP contribution in [0.5, 0.6) is 0 Å². The molecule has 0 fully saturated rings. The molecule has 0 unspecified atom stereocenters. The standard InChI is InChI=1S/C16H28O2S/c1-3-5-7-9-11-15-13-19(17,18)14-16(15)12-10-8-6-4-2/h13-14H,3-12H2,1-2H3. The average molecular weight is 284 g/mol. The lowest BCUT2D eigenvalue weighted by Crippen LogP contribution is -1.89. The van der Waals surface area contributed by atoms with Crippen molar-refractivity contribution in [3.63, 3.8) is 0 Å². The fraction of sp³-hybridized carbons (Fsp3) is 0.750. The van der Waals surface area contributed by atoms with E-state index in [9.17, 15) is 8.42 Å². The van der Waals surface area contributed by atoms with Gasteiger partial charge in [-0.1, -0.05) is 52.4 Å². The molecular weight excluding hydrogens is 256 g/mol. The summed E-state index contributed by atoms with van der Waals surface area (Å²) in [6.07, 6.45) is 11.4. The van der Waals surface area contributed by atoms with Gasteiger partial charge in [0, 0.05) is 10.8 Å². The van der Waals surface area contributed by atoms with Gasteiger partial charge in [0.15, 0.2) is 9.84 Å². The Bertz CT molecular complexity index is 382. The lowest BCUT2D eigenvalue weighted by atomic mass is 9.97. The Labute approximate surface area is 118 Å². The minimum absolute atomic E-state index is 0.929. The zero-order valence-corrected chi connectivity index (χ0v) is 13.3. The molecule has 0 aliphatic carbocycles. The maximum Gasteiger partial charge on any atom is 0.193 e. The molecule has 0 radical (unpaired) electrons. The highest BCUT2D eigenvalue weighted by Gasteiger charge is 2.19. The van der Waals surface area contributed by atoms with Crippen molar-refractivity contribution in [3.8, 4) is 0 Å². The van der Waals surface area contributed by atoms with E-state index in [-0.39, 0.29) is 0 Å². The van der Waals surface area contributed by atoms with Crippen LogP contribution in [-0.2, 0) is 9.84 Å². The van der Waals surface area contributed by atoms with Crippen molar-refractivity contribution in [2.24, 2.45) is 0 Å². The molecule has 0 N–H and O–H groups in total. The van der Waals surface area contributed by atoms with Gasteiger partial charge in [0.2, 0.25) is 0 Å². The van der Waals surface area contributed by atoms with Gasteiger partial charge in [0.1, 0.15) is 0 Å². The normalized spacial score (nSPS) is 17.4. The Hall–Kier alpha value is -0.570. The van der Waals surface area contributed by atoms with E-state index < -0.39 is 9.84 Å². The fourth-order valence-electron chi connectivity index (χ4n) is 2.51. The lowest BCUT2D eigenvalue weighted by molar-refractivity contribution is 0.612. The van der Waals surface area contributed by atoms with Crippen molar-refractivity contribution in [2.75, 3.05) is 0 Å². The molecule has 0 bridgehead atoms. The molecule has 0 saturated carbocycles. The summed E-state index contributed by atoms with van der Waals surface area (Å²) < 4.78 is 23.4. The van der Waals surface area contributed by atoms with E-state index >= 15 is 0 Å². The third-order valence-corrected chi connectivity index (χ3v) is 4.85. The average Bonchev–Trinajstić information content (AvgIpc) is 2.65. The van der Waals surface area contributed by atoms with Crippen LogP contribution in [-0.4, -0.2) is 8.42 Å². The molecule has 1 heterocycles. The van der Waals surface area contributed by atoms with Crippen molar-refractivity contribution in [1.82, 2.24) is 0 Å². The molecule has 0 atom stereocenters. The van der Waals surface area contributed by atoms with E-state index in [0.717, 1.165) is 36.8 Å². The number of unbranched alkanes of at least 4 members (excludes halogenated alkanes) is 6. The molecule has 19 heavy (non-hydrogen) atoms. The third-order valence-electron chi connectivity index (χ3n) is 3.62. The van der Waals surface area contributed by atoms with Gasteiger partial charge in [-0.25, -0.2) is 8.42 Å². The van der Waals surface area contributed by atoms with Gasteiger partial charge in [-0.2, -0.15) is 0 Å². The molecule has 1 aliphatic heterocycles. The van der Waals surface area contributed by atoms with Crippen molar-refractivity contribution >= 4 is 9.84 Å². The Kier molecular flexibility index (Phi) is 7.44. The smallest absolute Gasteiger partial charge is 0.193 e. The van der Waals surface area contributed by atoms with Gasteiger partial charge in [0.25, 0.3) is 0 Å². The highest BCUT2D eigenvalue weighted by atomic mass is 32.2. The number of hydrogen-bond donors (Lipinski definition) is 0. The zero-order valence-electron chi connectivity index (χ0n) is 12.5. The van der Waals surface area contributed by atoms with Gasteiger partial charge in [-0.3, -0.25) is 0 Å². The fourth-order valence-corrected chi connectivity index (χ4v) is 3.91. The molecule has 1 rings (SSSR count). The molecule has 2 nitrogen and oxygen atoms in total. The molecule has 3 heteroatoms. The SMILES string of the molecule is CCCCCCC1=CS(=O)(=O)C=C1CCCCCC. The van der Waals surface area contributed by atoms with Crippen molar-refractivity contribution in [1.29, 1.82) is 0 Å². The number of hydrogen-bond acceptors (Lipinski definition) is 2. The largest absolute Gasteiger partial charge is 0.220 e. The summed E-state index contributed by atoms with van der Waals surface area (Å²) in [6.45, 7) is 4.39. The third kappa shape index (κ3) is 6.42. The second-order valence-electron chi connectivity index (χ2n) is 5.50. The van der Waals surface area contributed by atoms with Crippen LogP contribution in [0.25, 0.3) is 0 Å². The van der Waals surface area contributed by atoms with E-state index in [4.69, 9.17) is 0 Å². The van der Waals surface area contributed by atoms with Crippen LogP contribution in [0.1, 0.15) is 78.1 Å². The second-order valence-corrected chi connectivity index (χ2v) is 7.15. The molecule has 110 valence electrons. The van der Waals surface area contributed by atoms with Crippen LogP contribution in [0.2, 0.25) is 0 Å². The van der Waals surface area contributed by atoms with E-state index in [1.54, 1.807) is 0 Å². The maximum absolute atomic E-state index is 11.7. The van der Waals surface area contributed by atoms with Gasteiger partial charge in [-0.15, -0.1) is 0 Å². The van der Waals surface area contributed by atoms with Crippen LogP contribution in [0.3, 0.4) is 0 Å². The lowest BCUT2D eigenvalue weighted by Gasteiger charge is -2.07. The minimum Gasteiger partial charge on any atom is -0.220 e. The van der Waals surface area contributed by atoms with E-state index in [1.807, 2.05) is 0 Å². The Morgan fingerprint density at radius 1 is 0.737 bits per heavy atom. The molecule has 0 aromatic rings. The van der Waals surface area contributed by atoms with Crippen LogP contribution in [0.15, 0.2) is 22.0 Å². The van der Waals surface area contributed by atoms with Crippen LogP contribution in [0.4, 0.5) is 0 Å². The molecule has 1 aliphatic rings. The molecule has 0 aromatic heterocycles. The number of sulfone groups is 1.